The Morgan fingerprint density at radius 3 is 2.81 bits per heavy atom. The van der Waals surface area contributed by atoms with Gasteiger partial charge in [-0.25, -0.2) is 4.79 Å². The summed E-state index contributed by atoms with van der Waals surface area (Å²) in [6, 6.07) is 15.0. The smallest absolute Gasteiger partial charge is 0.351 e. The molecule has 0 fully saturated rings. The maximum Gasteiger partial charge on any atom is 0.351 e. The molecule has 2 aromatic carbocycles. The Morgan fingerprint density at radius 1 is 1.11 bits per heavy atom. The summed E-state index contributed by atoms with van der Waals surface area (Å²) in [7, 11) is 0. The Bertz CT molecular complexity index is 1100. The first kappa shape index (κ1) is 16.9. The summed E-state index contributed by atoms with van der Waals surface area (Å²) in [5.74, 6) is -1.02. The molecule has 8 nitrogen and oxygen atoms in total. The Kier molecular flexibility index (Phi) is 4.58. The van der Waals surface area contributed by atoms with E-state index in [2.05, 4.69) is 20.8 Å². The van der Waals surface area contributed by atoms with Gasteiger partial charge >= 0.3 is 5.97 Å². The number of nitrogens with zero attached hydrogens (tertiary/aromatic N) is 4. The van der Waals surface area contributed by atoms with Crippen molar-refractivity contribution in [2.75, 3.05) is 11.9 Å². The van der Waals surface area contributed by atoms with Crippen LogP contribution in [0.1, 0.15) is 9.67 Å². The number of amides is 1. The number of carbonyl (C=O) groups is 2. The summed E-state index contributed by atoms with van der Waals surface area (Å²) < 4.78 is 6.51. The van der Waals surface area contributed by atoms with Crippen LogP contribution in [0.5, 0.6) is 0 Å². The number of carbonyl (C=O) groups excluding carboxylic acids is 2. The Hall–Kier alpha value is -3.59. The van der Waals surface area contributed by atoms with Crippen LogP contribution < -0.4 is 5.32 Å². The molecule has 2 aromatic heterocycles. The Balaban J connectivity index is 1.43. The lowest BCUT2D eigenvalue weighted by molar-refractivity contribution is -0.119. The number of fused-ring (bicyclic) bond motifs is 1. The van der Waals surface area contributed by atoms with E-state index in [-0.39, 0.29) is 0 Å². The van der Waals surface area contributed by atoms with E-state index in [1.807, 2.05) is 36.4 Å². The van der Waals surface area contributed by atoms with E-state index in [1.165, 1.54) is 22.3 Å². The zero-order valence-corrected chi connectivity index (χ0v) is 14.7. The van der Waals surface area contributed by atoms with Gasteiger partial charge in [-0.15, -0.1) is 16.4 Å². The van der Waals surface area contributed by atoms with Crippen molar-refractivity contribution in [1.82, 2.24) is 20.2 Å². The third kappa shape index (κ3) is 3.53. The Morgan fingerprint density at radius 2 is 1.96 bits per heavy atom. The number of rotatable bonds is 5. The zero-order valence-electron chi connectivity index (χ0n) is 13.9. The molecule has 0 saturated carbocycles. The molecule has 27 heavy (non-hydrogen) atoms. The fraction of sp³-hybridized carbons (Fsp3) is 0.0556. The molecule has 0 radical (unpaired) electrons. The molecule has 0 aliphatic rings. The predicted molar refractivity (Wildman–Crippen MR) is 99.9 cm³/mol. The average Bonchev–Trinajstić information content (AvgIpc) is 3.37. The first-order valence-electron chi connectivity index (χ1n) is 7.98. The van der Waals surface area contributed by atoms with Crippen LogP contribution in [0, 0.1) is 0 Å². The number of hydrogen-bond donors (Lipinski definition) is 1. The van der Waals surface area contributed by atoms with Crippen molar-refractivity contribution in [2.45, 2.75) is 0 Å². The fourth-order valence-electron chi connectivity index (χ4n) is 2.62. The Labute approximate surface area is 157 Å². The monoisotopic (exact) mass is 379 g/mol. The molecule has 2 heterocycles. The van der Waals surface area contributed by atoms with Gasteiger partial charge in [0.1, 0.15) is 11.2 Å². The number of thiophene rings is 1. The number of hydrogen-bond acceptors (Lipinski definition) is 7. The molecule has 1 amide bonds. The summed E-state index contributed by atoms with van der Waals surface area (Å²) in [6.07, 6.45) is 1.38. The van der Waals surface area contributed by atoms with Gasteiger partial charge in [-0.3, -0.25) is 4.79 Å². The van der Waals surface area contributed by atoms with Gasteiger partial charge in [0.2, 0.25) is 0 Å². The standard InChI is InChI=1S/C18H13N5O3S/c24-16(20-14-7-3-5-12-4-1-2-6-13(12)14)10-26-18(25)17-15(8-9-27-17)23-11-19-21-22-23/h1-9,11H,10H2,(H,20,24). The van der Waals surface area contributed by atoms with E-state index < -0.39 is 18.5 Å². The molecule has 134 valence electrons. The minimum Gasteiger partial charge on any atom is -0.451 e. The van der Waals surface area contributed by atoms with Crippen molar-refractivity contribution in [2.24, 2.45) is 0 Å². The van der Waals surface area contributed by atoms with Crippen LogP contribution in [-0.4, -0.2) is 38.7 Å². The van der Waals surface area contributed by atoms with Crippen molar-refractivity contribution in [3.8, 4) is 5.69 Å². The normalized spacial score (nSPS) is 10.7. The van der Waals surface area contributed by atoms with Gasteiger partial charge in [-0.2, -0.15) is 4.68 Å². The summed E-state index contributed by atoms with van der Waals surface area (Å²) in [4.78, 5) is 24.9. The van der Waals surface area contributed by atoms with Gasteiger partial charge in [0.05, 0.1) is 5.69 Å². The van der Waals surface area contributed by atoms with Crippen molar-refractivity contribution < 1.29 is 14.3 Å². The minimum atomic E-state index is -0.608. The average molecular weight is 379 g/mol. The number of aromatic nitrogens is 4. The molecule has 4 aromatic rings. The summed E-state index contributed by atoms with van der Waals surface area (Å²) >= 11 is 1.19. The van der Waals surface area contributed by atoms with E-state index in [9.17, 15) is 9.59 Å². The largest absolute Gasteiger partial charge is 0.451 e. The van der Waals surface area contributed by atoms with Crippen LogP contribution in [-0.2, 0) is 9.53 Å². The van der Waals surface area contributed by atoms with Crippen molar-refractivity contribution >= 4 is 39.7 Å². The van der Waals surface area contributed by atoms with Gasteiger partial charge in [0.15, 0.2) is 6.61 Å². The molecule has 1 N–H and O–H groups in total. The number of nitrogens with one attached hydrogen (secondary N) is 1. The zero-order chi connectivity index (χ0) is 18.6. The van der Waals surface area contributed by atoms with Crippen LogP contribution in [0.2, 0.25) is 0 Å². The lowest BCUT2D eigenvalue weighted by atomic mass is 10.1. The molecule has 9 heteroatoms. The molecule has 0 spiro atoms. The van der Waals surface area contributed by atoms with Crippen molar-refractivity contribution in [1.29, 1.82) is 0 Å². The number of benzene rings is 2. The molecule has 0 saturated heterocycles. The minimum absolute atomic E-state index is 0.320. The number of ether oxygens (including phenoxy) is 1. The topological polar surface area (TPSA) is 99.0 Å². The lowest BCUT2D eigenvalue weighted by Crippen LogP contribution is -2.21. The van der Waals surface area contributed by atoms with Gasteiger partial charge < -0.3 is 10.1 Å². The highest BCUT2D eigenvalue weighted by Gasteiger charge is 2.18. The van der Waals surface area contributed by atoms with Crippen LogP contribution in [0.15, 0.2) is 60.2 Å². The SMILES string of the molecule is O=C(COC(=O)c1sccc1-n1cnnn1)Nc1cccc2ccccc12. The van der Waals surface area contributed by atoms with Crippen molar-refractivity contribution in [3.05, 3.63) is 65.1 Å². The number of esters is 1. The molecule has 0 atom stereocenters. The maximum atomic E-state index is 12.3. The van der Waals surface area contributed by atoms with Crippen LogP contribution in [0.4, 0.5) is 5.69 Å². The third-order valence-corrected chi connectivity index (χ3v) is 4.71. The van der Waals surface area contributed by atoms with E-state index >= 15 is 0 Å². The van der Waals surface area contributed by atoms with Gasteiger partial charge in [-0.05, 0) is 33.3 Å². The fourth-order valence-corrected chi connectivity index (χ4v) is 3.40. The van der Waals surface area contributed by atoms with Crippen LogP contribution in [0.25, 0.3) is 16.5 Å². The predicted octanol–water partition coefficient (Wildman–Crippen LogP) is 2.67. The molecule has 0 aliphatic carbocycles. The quantitative estimate of drug-likeness (QED) is 0.535. The van der Waals surface area contributed by atoms with Crippen LogP contribution in [0.3, 0.4) is 0 Å². The highest BCUT2D eigenvalue weighted by molar-refractivity contribution is 7.12. The second-order valence-corrected chi connectivity index (χ2v) is 6.46. The summed E-state index contributed by atoms with van der Waals surface area (Å²) in [6.45, 7) is -0.394. The third-order valence-electron chi connectivity index (χ3n) is 3.82. The first-order chi connectivity index (χ1) is 13.2. The molecule has 0 aliphatic heterocycles. The molecule has 0 unspecified atom stereocenters. The van der Waals surface area contributed by atoms with Crippen LogP contribution >= 0.6 is 11.3 Å². The summed E-state index contributed by atoms with van der Waals surface area (Å²) in [5, 5.41) is 17.3. The molecular weight excluding hydrogens is 366 g/mol. The van der Waals surface area contributed by atoms with Crippen molar-refractivity contribution in [3.63, 3.8) is 0 Å². The van der Waals surface area contributed by atoms with Gasteiger partial charge in [-0.1, -0.05) is 36.4 Å². The lowest BCUT2D eigenvalue weighted by Gasteiger charge is -2.09. The second-order valence-electron chi connectivity index (χ2n) is 5.54. The van der Waals surface area contributed by atoms with Gasteiger partial charge in [0.25, 0.3) is 5.91 Å². The van der Waals surface area contributed by atoms with E-state index in [4.69, 9.17) is 4.74 Å². The second kappa shape index (κ2) is 7.34. The van der Waals surface area contributed by atoms with Gasteiger partial charge in [0, 0.05) is 11.1 Å². The highest BCUT2D eigenvalue weighted by atomic mass is 32.1. The van der Waals surface area contributed by atoms with E-state index in [1.54, 1.807) is 17.5 Å². The number of tetrazole rings is 1. The van der Waals surface area contributed by atoms with E-state index in [0.717, 1.165) is 10.8 Å². The maximum absolute atomic E-state index is 12.3. The molecule has 4 rings (SSSR count). The first-order valence-corrected chi connectivity index (χ1v) is 8.86. The molecule has 0 bridgehead atoms. The number of anilines is 1. The van der Waals surface area contributed by atoms with E-state index in [0.29, 0.717) is 16.3 Å². The highest BCUT2D eigenvalue weighted by Crippen LogP contribution is 2.23. The molecular formula is C18H13N5O3S. The summed E-state index contributed by atoms with van der Waals surface area (Å²) in [5.41, 5.74) is 1.17.